The van der Waals surface area contributed by atoms with Gasteiger partial charge in [0.25, 0.3) is 0 Å². The van der Waals surface area contributed by atoms with E-state index in [1.54, 1.807) is 17.0 Å². The number of carbonyl (C=O) groups excluding carboxylic acids is 1. The predicted octanol–water partition coefficient (Wildman–Crippen LogP) is 2.55. The third-order valence-corrected chi connectivity index (χ3v) is 4.99. The summed E-state index contributed by atoms with van der Waals surface area (Å²) in [4.78, 5) is 14.6. The summed E-state index contributed by atoms with van der Waals surface area (Å²) in [5.74, 6) is 0.726. The number of hydrogen-bond donors (Lipinski definition) is 1. The first kappa shape index (κ1) is 13.6. The van der Waals surface area contributed by atoms with Crippen molar-refractivity contribution in [3.05, 3.63) is 30.1 Å². The van der Waals surface area contributed by atoms with E-state index in [1.165, 1.54) is 12.1 Å². The Morgan fingerprint density at radius 2 is 1.95 bits per heavy atom. The van der Waals surface area contributed by atoms with Crippen LogP contribution in [0.15, 0.2) is 24.3 Å². The lowest BCUT2D eigenvalue weighted by Gasteiger charge is -2.32. The van der Waals surface area contributed by atoms with Crippen molar-refractivity contribution in [3.63, 3.8) is 0 Å². The van der Waals surface area contributed by atoms with Crippen LogP contribution in [0.2, 0.25) is 0 Å². The van der Waals surface area contributed by atoms with Crippen molar-refractivity contribution in [1.82, 2.24) is 0 Å². The Morgan fingerprint density at radius 3 is 2.50 bits per heavy atom. The molecule has 0 aliphatic heterocycles. The van der Waals surface area contributed by atoms with Crippen molar-refractivity contribution >= 4 is 11.6 Å². The molecule has 0 saturated heterocycles. The minimum Gasteiger partial charge on any atom is -0.327 e. The van der Waals surface area contributed by atoms with Gasteiger partial charge in [0.1, 0.15) is 5.82 Å². The smallest absolute Gasteiger partial charge is 0.231 e. The molecule has 4 unspecified atom stereocenters. The number of amides is 1. The van der Waals surface area contributed by atoms with Crippen LogP contribution in [0.1, 0.15) is 26.2 Å². The largest absolute Gasteiger partial charge is 0.327 e. The molecule has 0 spiro atoms. The average Bonchev–Trinajstić information content (AvgIpc) is 3.02. The highest BCUT2D eigenvalue weighted by molar-refractivity contribution is 5.96. The lowest BCUT2D eigenvalue weighted by atomic mass is 9.84. The summed E-state index contributed by atoms with van der Waals surface area (Å²) >= 11 is 0. The van der Waals surface area contributed by atoms with E-state index in [1.807, 2.05) is 6.92 Å². The summed E-state index contributed by atoms with van der Waals surface area (Å²) in [6.07, 6.45) is 3.38. The fourth-order valence-corrected chi connectivity index (χ4v) is 3.97. The van der Waals surface area contributed by atoms with Crippen LogP contribution in [0, 0.1) is 23.6 Å². The average molecular weight is 276 g/mol. The van der Waals surface area contributed by atoms with Crippen molar-refractivity contribution in [3.8, 4) is 0 Å². The fraction of sp³-hybridized carbons (Fsp3) is 0.562. The summed E-state index contributed by atoms with van der Waals surface area (Å²) in [5.41, 5.74) is 7.01. The monoisotopic (exact) mass is 276 g/mol. The molecule has 2 N–H and O–H groups in total. The SMILES string of the molecule is CCN(C(=O)C1C2CCC(C2)C1N)c1ccc(F)cc1. The molecule has 2 aliphatic rings. The number of benzene rings is 1. The van der Waals surface area contributed by atoms with Crippen molar-refractivity contribution in [2.24, 2.45) is 23.5 Å². The number of nitrogens with zero attached hydrogens (tertiary/aromatic N) is 1. The first-order valence-corrected chi connectivity index (χ1v) is 7.44. The normalized spacial score (nSPS) is 31.6. The predicted molar refractivity (Wildman–Crippen MR) is 76.7 cm³/mol. The summed E-state index contributed by atoms with van der Waals surface area (Å²) < 4.78 is 13.0. The van der Waals surface area contributed by atoms with E-state index in [0.717, 1.165) is 24.9 Å². The minimum absolute atomic E-state index is 0.00394. The zero-order valence-corrected chi connectivity index (χ0v) is 11.8. The highest BCUT2D eigenvalue weighted by Crippen LogP contribution is 2.48. The van der Waals surface area contributed by atoms with Gasteiger partial charge in [0.15, 0.2) is 0 Å². The molecule has 1 aromatic carbocycles. The van der Waals surface area contributed by atoms with E-state index in [-0.39, 0.29) is 23.7 Å². The number of anilines is 1. The van der Waals surface area contributed by atoms with Crippen molar-refractivity contribution in [2.75, 3.05) is 11.4 Å². The molecule has 1 aromatic rings. The van der Waals surface area contributed by atoms with E-state index in [9.17, 15) is 9.18 Å². The first-order valence-electron chi connectivity index (χ1n) is 7.44. The standard InChI is InChI=1S/C16H21FN2O/c1-2-19(13-7-5-12(17)6-8-13)16(20)14-10-3-4-11(9-10)15(14)18/h5-8,10-11,14-15H,2-4,9,18H2,1H3. The van der Waals surface area contributed by atoms with Gasteiger partial charge in [-0.2, -0.15) is 0 Å². The number of halogens is 1. The van der Waals surface area contributed by atoms with Crippen LogP contribution in [0.5, 0.6) is 0 Å². The van der Waals surface area contributed by atoms with E-state index in [2.05, 4.69) is 0 Å². The van der Waals surface area contributed by atoms with Crippen molar-refractivity contribution in [1.29, 1.82) is 0 Å². The second-order valence-electron chi connectivity index (χ2n) is 6.00. The molecule has 3 rings (SSSR count). The molecule has 0 radical (unpaired) electrons. The molecule has 4 atom stereocenters. The number of hydrogen-bond acceptors (Lipinski definition) is 2. The minimum atomic E-state index is -0.283. The molecule has 1 amide bonds. The molecular formula is C16H21FN2O. The first-order chi connectivity index (χ1) is 9.61. The van der Waals surface area contributed by atoms with Gasteiger partial charge in [-0.15, -0.1) is 0 Å². The Labute approximate surface area is 118 Å². The molecule has 2 bridgehead atoms. The lowest BCUT2D eigenvalue weighted by molar-refractivity contribution is -0.124. The third-order valence-electron chi connectivity index (χ3n) is 4.99. The van der Waals surface area contributed by atoms with Crippen LogP contribution < -0.4 is 10.6 Å². The van der Waals surface area contributed by atoms with E-state index in [0.29, 0.717) is 18.4 Å². The molecule has 2 saturated carbocycles. The number of carbonyl (C=O) groups is 1. The van der Waals surface area contributed by atoms with Crippen LogP contribution in [0.25, 0.3) is 0 Å². The highest BCUT2D eigenvalue weighted by Gasteiger charge is 2.50. The summed E-state index contributed by atoms with van der Waals surface area (Å²) in [6, 6.07) is 6.11. The second-order valence-corrected chi connectivity index (χ2v) is 6.00. The van der Waals surface area contributed by atoms with Crippen LogP contribution in [-0.2, 0) is 4.79 Å². The molecule has 20 heavy (non-hydrogen) atoms. The molecule has 3 nitrogen and oxygen atoms in total. The molecule has 0 aromatic heterocycles. The second kappa shape index (κ2) is 5.17. The van der Waals surface area contributed by atoms with Crippen LogP contribution in [0.4, 0.5) is 10.1 Å². The third kappa shape index (κ3) is 2.12. The lowest BCUT2D eigenvalue weighted by Crippen LogP contribution is -2.47. The zero-order chi connectivity index (χ0) is 14.3. The summed E-state index contributed by atoms with van der Waals surface area (Å²) in [5, 5.41) is 0. The number of rotatable bonds is 3. The molecule has 108 valence electrons. The van der Waals surface area contributed by atoms with Gasteiger partial charge in [-0.25, -0.2) is 4.39 Å². The van der Waals surface area contributed by atoms with Gasteiger partial charge in [0.2, 0.25) is 5.91 Å². The maximum Gasteiger partial charge on any atom is 0.231 e. The van der Waals surface area contributed by atoms with Crippen molar-refractivity contribution < 1.29 is 9.18 Å². The quantitative estimate of drug-likeness (QED) is 0.922. The Morgan fingerprint density at radius 1 is 1.30 bits per heavy atom. The summed E-state index contributed by atoms with van der Waals surface area (Å²) in [6.45, 7) is 2.53. The van der Waals surface area contributed by atoms with E-state index < -0.39 is 0 Å². The number of nitrogens with two attached hydrogens (primary N) is 1. The van der Waals surface area contributed by atoms with Gasteiger partial charge < -0.3 is 10.6 Å². The van der Waals surface area contributed by atoms with Gasteiger partial charge >= 0.3 is 0 Å². The van der Waals surface area contributed by atoms with Gasteiger partial charge in [-0.3, -0.25) is 4.79 Å². The van der Waals surface area contributed by atoms with Crippen molar-refractivity contribution in [2.45, 2.75) is 32.2 Å². The van der Waals surface area contributed by atoms with Gasteiger partial charge in [0, 0.05) is 18.3 Å². The van der Waals surface area contributed by atoms with Gasteiger partial charge in [-0.1, -0.05) is 0 Å². The highest BCUT2D eigenvalue weighted by atomic mass is 19.1. The molecule has 2 fully saturated rings. The molecule has 4 heteroatoms. The summed E-state index contributed by atoms with van der Waals surface area (Å²) in [7, 11) is 0. The Balaban J connectivity index is 1.82. The zero-order valence-electron chi connectivity index (χ0n) is 11.8. The Hall–Kier alpha value is -1.42. The fourth-order valence-electron chi connectivity index (χ4n) is 3.97. The van der Waals surface area contributed by atoms with Gasteiger partial charge in [0.05, 0.1) is 5.92 Å². The van der Waals surface area contributed by atoms with Crippen LogP contribution in [0.3, 0.4) is 0 Å². The van der Waals surface area contributed by atoms with E-state index in [4.69, 9.17) is 5.73 Å². The van der Waals surface area contributed by atoms with Crippen LogP contribution >= 0.6 is 0 Å². The number of fused-ring (bicyclic) bond motifs is 2. The molecule has 2 aliphatic carbocycles. The van der Waals surface area contributed by atoms with Crippen LogP contribution in [-0.4, -0.2) is 18.5 Å². The van der Waals surface area contributed by atoms with Gasteiger partial charge in [-0.05, 0) is 62.3 Å². The Bertz CT molecular complexity index is 500. The molecular weight excluding hydrogens is 255 g/mol. The molecule has 0 heterocycles. The topological polar surface area (TPSA) is 46.3 Å². The maximum absolute atomic E-state index is 13.0. The van der Waals surface area contributed by atoms with E-state index >= 15 is 0 Å². The maximum atomic E-state index is 13.0. The Kier molecular flexibility index (Phi) is 3.50.